The van der Waals surface area contributed by atoms with Crippen LogP contribution in [0.1, 0.15) is 5.56 Å². The number of halogens is 2. The van der Waals surface area contributed by atoms with Crippen LogP contribution < -0.4 is 10.3 Å². The molecule has 0 fully saturated rings. The first kappa shape index (κ1) is 13.9. The largest absolute Gasteiger partial charge is 0.309 e. The van der Waals surface area contributed by atoms with Crippen molar-refractivity contribution in [2.24, 2.45) is 5.10 Å². The predicted octanol–water partition coefficient (Wildman–Crippen LogP) is 3.18. The Hall–Kier alpha value is -2.11. The van der Waals surface area contributed by atoms with Gasteiger partial charge in [0, 0.05) is 18.8 Å². The second kappa shape index (κ2) is 5.35. The van der Waals surface area contributed by atoms with Crippen LogP contribution >= 0.6 is 23.2 Å². The second-order valence-electron chi connectivity index (χ2n) is 4.43. The highest BCUT2D eigenvalue weighted by Gasteiger charge is 2.32. The lowest BCUT2D eigenvalue weighted by atomic mass is 10.1. The number of likely N-dealkylation sites (N-methyl/N-ethyl adjacent to an activating group) is 1. The summed E-state index contributed by atoms with van der Waals surface area (Å²) < 4.78 is 0. The summed E-state index contributed by atoms with van der Waals surface area (Å²) in [5, 5.41) is 4.92. The number of benzene rings is 1. The summed E-state index contributed by atoms with van der Waals surface area (Å²) in [5.74, 6) is 0.320. The van der Waals surface area contributed by atoms with Gasteiger partial charge in [0.05, 0.1) is 15.7 Å². The Balaban J connectivity index is 2.01. The standard InChI is InChI=1S/C14H10Cl2N4O/c1-20-11-7-10(16)9(15)6-8(11)13(14(20)21)19-18-12-4-2-3-5-17-12/h2-7H,1H3,(H,17,18)/b19-13-. The van der Waals surface area contributed by atoms with E-state index in [1.807, 2.05) is 6.07 Å². The third-order valence-corrected chi connectivity index (χ3v) is 3.83. The molecule has 106 valence electrons. The Morgan fingerprint density at radius 1 is 1.24 bits per heavy atom. The van der Waals surface area contributed by atoms with E-state index in [1.54, 1.807) is 37.5 Å². The Labute approximate surface area is 131 Å². The molecule has 2 aromatic rings. The van der Waals surface area contributed by atoms with E-state index >= 15 is 0 Å². The van der Waals surface area contributed by atoms with Crippen LogP contribution in [0.15, 0.2) is 41.6 Å². The number of anilines is 2. The first-order valence-corrected chi connectivity index (χ1v) is 6.85. The molecule has 1 N–H and O–H groups in total. The number of carbonyl (C=O) groups is 1. The molecule has 0 radical (unpaired) electrons. The van der Waals surface area contributed by atoms with Gasteiger partial charge >= 0.3 is 0 Å². The van der Waals surface area contributed by atoms with Crippen LogP contribution in [0.25, 0.3) is 0 Å². The summed E-state index contributed by atoms with van der Waals surface area (Å²) in [4.78, 5) is 17.8. The fraction of sp³-hybridized carbons (Fsp3) is 0.0714. The molecule has 1 aromatic heterocycles. The lowest BCUT2D eigenvalue weighted by molar-refractivity contribution is -0.111. The number of amides is 1. The summed E-state index contributed by atoms with van der Waals surface area (Å²) in [6, 6.07) is 8.66. The van der Waals surface area contributed by atoms with Gasteiger partial charge in [0.2, 0.25) is 0 Å². The second-order valence-corrected chi connectivity index (χ2v) is 5.25. The monoisotopic (exact) mass is 320 g/mol. The summed E-state index contributed by atoms with van der Waals surface area (Å²) in [5.41, 5.74) is 4.36. The highest BCUT2D eigenvalue weighted by atomic mass is 35.5. The molecule has 1 amide bonds. The molecular formula is C14H10Cl2N4O. The van der Waals surface area contributed by atoms with E-state index in [0.29, 0.717) is 27.1 Å². The van der Waals surface area contributed by atoms with Crippen LogP contribution in [0.4, 0.5) is 11.5 Å². The van der Waals surface area contributed by atoms with E-state index in [2.05, 4.69) is 15.5 Å². The van der Waals surface area contributed by atoms with Crippen molar-refractivity contribution in [3.63, 3.8) is 0 Å². The van der Waals surface area contributed by atoms with Gasteiger partial charge in [0.25, 0.3) is 5.91 Å². The maximum Gasteiger partial charge on any atom is 0.279 e. The van der Waals surface area contributed by atoms with Gasteiger partial charge in [0.1, 0.15) is 5.82 Å². The Kier molecular flexibility index (Phi) is 3.53. The number of carbonyl (C=O) groups excluding carboxylic acids is 1. The van der Waals surface area contributed by atoms with Gasteiger partial charge < -0.3 is 4.90 Å². The third-order valence-electron chi connectivity index (χ3n) is 3.11. The van der Waals surface area contributed by atoms with E-state index in [4.69, 9.17) is 23.2 Å². The maximum atomic E-state index is 12.3. The summed E-state index contributed by atoms with van der Waals surface area (Å²) in [7, 11) is 1.66. The maximum absolute atomic E-state index is 12.3. The minimum Gasteiger partial charge on any atom is -0.309 e. The molecule has 5 nitrogen and oxygen atoms in total. The molecule has 0 saturated carbocycles. The van der Waals surface area contributed by atoms with Crippen LogP contribution in [0.3, 0.4) is 0 Å². The summed E-state index contributed by atoms with van der Waals surface area (Å²) >= 11 is 12.0. The van der Waals surface area contributed by atoms with Crippen molar-refractivity contribution in [2.45, 2.75) is 0 Å². The predicted molar refractivity (Wildman–Crippen MR) is 84.3 cm³/mol. The average molecular weight is 321 g/mol. The topological polar surface area (TPSA) is 57.6 Å². The number of pyridine rings is 1. The van der Waals surface area contributed by atoms with E-state index in [-0.39, 0.29) is 11.6 Å². The van der Waals surface area contributed by atoms with E-state index in [9.17, 15) is 4.79 Å². The highest BCUT2D eigenvalue weighted by molar-refractivity contribution is 6.55. The zero-order chi connectivity index (χ0) is 15.0. The third kappa shape index (κ3) is 2.46. The van der Waals surface area contributed by atoms with Crippen molar-refractivity contribution < 1.29 is 4.79 Å². The van der Waals surface area contributed by atoms with E-state index in [0.717, 1.165) is 0 Å². The smallest absolute Gasteiger partial charge is 0.279 e. The van der Waals surface area contributed by atoms with E-state index < -0.39 is 0 Å². The van der Waals surface area contributed by atoms with Crippen molar-refractivity contribution >= 4 is 46.3 Å². The number of nitrogens with one attached hydrogen (secondary N) is 1. The number of aromatic nitrogens is 1. The Bertz CT molecular complexity index is 746. The van der Waals surface area contributed by atoms with Crippen LogP contribution in [0, 0.1) is 0 Å². The molecule has 2 heterocycles. The first-order chi connectivity index (χ1) is 10.1. The van der Waals surface area contributed by atoms with Gasteiger partial charge in [-0.15, -0.1) is 0 Å². The van der Waals surface area contributed by atoms with Gasteiger partial charge in [-0.3, -0.25) is 10.2 Å². The number of hydrazone groups is 1. The fourth-order valence-corrected chi connectivity index (χ4v) is 2.36. The lowest BCUT2D eigenvalue weighted by Crippen LogP contribution is -2.26. The quantitative estimate of drug-likeness (QED) is 0.864. The van der Waals surface area contributed by atoms with Gasteiger partial charge in [-0.2, -0.15) is 5.10 Å². The molecule has 0 unspecified atom stereocenters. The van der Waals surface area contributed by atoms with Crippen LogP contribution in [0.5, 0.6) is 0 Å². The minimum absolute atomic E-state index is 0.230. The summed E-state index contributed by atoms with van der Waals surface area (Å²) in [6.07, 6.45) is 1.63. The van der Waals surface area contributed by atoms with Crippen molar-refractivity contribution in [3.05, 3.63) is 52.1 Å². The number of rotatable bonds is 2. The molecular weight excluding hydrogens is 311 g/mol. The van der Waals surface area contributed by atoms with Gasteiger partial charge in [-0.25, -0.2) is 4.98 Å². The molecule has 1 aromatic carbocycles. The van der Waals surface area contributed by atoms with Crippen molar-refractivity contribution in [3.8, 4) is 0 Å². The molecule has 21 heavy (non-hydrogen) atoms. The zero-order valence-electron chi connectivity index (χ0n) is 11.0. The number of fused-ring (bicyclic) bond motifs is 1. The van der Waals surface area contributed by atoms with Gasteiger partial charge in [-0.05, 0) is 24.3 Å². The highest BCUT2D eigenvalue weighted by Crippen LogP contribution is 2.35. The van der Waals surface area contributed by atoms with Gasteiger partial charge in [0.15, 0.2) is 5.71 Å². The molecule has 0 aliphatic carbocycles. The molecule has 0 saturated heterocycles. The van der Waals surface area contributed by atoms with Crippen molar-refractivity contribution in [2.75, 3.05) is 17.4 Å². The molecule has 1 aliphatic heterocycles. The molecule has 0 atom stereocenters. The van der Waals surface area contributed by atoms with Crippen LogP contribution in [-0.4, -0.2) is 23.7 Å². The molecule has 0 bridgehead atoms. The van der Waals surface area contributed by atoms with E-state index in [1.165, 1.54) is 4.90 Å². The first-order valence-electron chi connectivity index (χ1n) is 6.10. The Morgan fingerprint density at radius 3 is 2.71 bits per heavy atom. The zero-order valence-corrected chi connectivity index (χ0v) is 12.5. The fourth-order valence-electron chi connectivity index (χ4n) is 2.04. The average Bonchev–Trinajstić information content (AvgIpc) is 2.71. The van der Waals surface area contributed by atoms with Crippen molar-refractivity contribution in [1.82, 2.24) is 4.98 Å². The number of hydrogen-bond donors (Lipinski definition) is 1. The SMILES string of the molecule is CN1C(=O)/C(=N\Nc2ccccn2)c2cc(Cl)c(Cl)cc21. The number of nitrogens with zero attached hydrogens (tertiary/aromatic N) is 3. The minimum atomic E-state index is -0.230. The molecule has 0 spiro atoms. The number of hydrogen-bond acceptors (Lipinski definition) is 4. The summed E-state index contributed by atoms with van der Waals surface area (Å²) in [6.45, 7) is 0. The lowest BCUT2D eigenvalue weighted by Gasteiger charge is -2.09. The molecule has 3 rings (SSSR count). The van der Waals surface area contributed by atoms with Crippen molar-refractivity contribution in [1.29, 1.82) is 0 Å². The molecule has 7 heteroatoms. The molecule has 1 aliphatic rings. The van der Waals surface area contributed by atoms with Crippen LogP contribution in [0.2, 0.25) is 10.0 Å². The van der Waals surface area contributed by atoms with Gasteiger partial charge in [-0.1, -0.05) is 29.3 Å². The normalized spacial score (nSPS) is 15.5. The Morgan fingerprint density at radius 2 is 2.00 bits per heavy atom. The van der Waals surface area contributed by atoms with Crippen LogP contribution in [-0.2, 0) is 4.79 Å².